The van der Waals surface area contributed by atoms with Gasteiger partial charge in [-0.2, -0.15) is 0 Å². The van der Waals surface area contributed by atoms with E-state index in [0.29, 0.717) is 11.8 Å². The molecule has 6 aromatic carbocycles. The number of benzene rings is 6. The second-order valence-electron chi connectivity index (χ2n) is 16.2. The Morgan fingerprint density at radius 2 is 1.36 bits per heavy atom. The molecular weight excluding hydrogens is 665 g/mol. The van der Waals surface area contributed by atoms with Gasteiger partial charge in [0.05, 0.1) is 22.5 Å². The number of rotatable bonds is 6. The van der Waals surface area contributed by atoms with Gasteiger partial charge in [-0.05, 0) is 130 Å². The molecule has 5 aliphatic rings. The van der Waals surface area contributed by atoms with Gasteiger partial charge in [0.25, 0.3) is 0 Å². The third-order valence-corrected chi connectivity index (χ3v) is 13.3. The fourth-order valence-corrected chi connectivity index (χ4v) is 11.0. The average Bonchev–Trinajstić information content (AvgIpc) is 3.78. The second-order valence-corrected chi connectivity index (χ2v) is 16.2. The fraction of sp³-hybridized carbons (Fsp3) is 0.170. The standard InChI is InChI=1S/C53H42N2/c1-2-12-34-21-28-42-45-29-22-35-32-46(35)52(45)53(48(42)31-34)47-18-9-6-15-40(47)41-30-27-39(33-49(41)53)54(36-13-4-3-5-14-36)37-23-25-38(26-24-37)55-50-19-10-7-16-43(50)44-17-8-11-20-51(44)55/h3-11,13,15-31,33,35-36,46H,2,12,14,32H2,1H3. The summed E-state index contributed by atoms with van der Waals surface area (Å²) in [5.41, 5.74) is 19.0. The minimum Gasteiger partial charge on any atom is -0.334 e. The van der Waals surface area contributed by atoms with Gasteiger partial charge in [0, 0.05) is 27.8 Å². The third-order valence-electron chi connectivity index (χ3n) is 13.3. The van der Waals surface area contributed by atoms with E-state index >= 15 is 0 Å². The van der Waals surface area contributed by atoms with Gasteiger partial charge in [-0.1, -0.05) is 135 Å². The largest absolute Gasteiger partial charge is 0.334 e. The van der Waals surface area contributed by atoms with Gasteiger partial charge >= 0.3 is 0 Å². The van der Waals surface area contributed by atoms with E-state index in [0.717, 1.165) is 19.3 Å². The quantitative estimate of drug-likeness (QED) is 0.167. The van der Waals surface area contributed by atoms with Crippen LogP contribution in [0.25, 0.3) is 44.2 Å². The Morgan fingerprint density at radius 3 is 2.15 bits per heavy atom. The van der Waals surface area contributed by atoms with Gasteiger partial charge in [-0.15, -0.1) is 0 Å². The summed E-state index contributed by atoms with van der Waals surface area (Å²) in [4.78, 5) is 2.59. The Hall–Kier alpha value is -6.12. The van der Waals surface area contributed by atoms with Crippen LogP contribution in [0.15, 0.2) is 175 Å². The SMILES string of the molecule is CCCc1ccc2c(c1)C1(C3=C2C=CC2CC32)c2ccccc2-c2ccc(N(c3ccc(-n4c5ccccc5c5ccccc54)cc3)C3C=CC=CC3)cc21. The molecule has 0 saturated heterocycles. The normalized spacial score (nSPS) is 22.2. The van der Waals surface area contributed by atoms with Gasteiger partial charge in [0.15, 0.2) is 0 Å². The van der Waals surface area contributed by atoms with Crippen LogP contribution in [0.5, 0.6) is 0 Å². The molecule has 2 nitrogen and oxygen atoms in total. The van der Waals surface area contributed by atoms with Crippen LogP contribution in [-0.2, 0) is 11.8 Å². The lowest BCUT2D eigenvalue weighted by Crippen LogP contribution is -2.31. The summed E-state index contributed by atoms with van der Waals surface area (Å²) in [6.45, 7) is 2.30. The molecule has 0 aliphatic heterocycles. The van der Waals surface area contributed by atoms with Crippen LogP contribution in [0.3, 0.4) is 0 Å². The van der Waals surface area contributed by atoms with Crippen molar-refractivity contribution in [1.82, 2.24) is 4.57 Å². The Balaban J connectivity index is 1.05. The van der Waals surface area contributed by atoms with Crippen LogP contribution < -0.4 is 4.90 Å². The van der Waals surface area contributed by atoms with Crippen molar-refractivity contribution in [3.8, 4) is 16.8 Å². The van der Waals surface area contributed by atoms with E-state index in [2.05, 4.69) is 186 Å². The van der Waals surface area contributed by atoms with E-state index in [1.807, 2.05) is 0 Å². The molecular formula is C53H42N2. The van der Waals surface area contributed by atoms with Crippen LogP contribution >= 0.6 is 0 Å². The van der Waals surface area contributed by atoms with Crippen LogP contribution in [0.2, 0.25) is 0 Å². The first-order valence-corrected chi connectivity index (χ1v) is 20.3. The lowest BCUT2D eigenvalue weighted by atomic mass is 9.67. The number of aromatic nitrogens is 1. The Labute approximate surface area is 323 Å². The molecule has 1 aromatic heterocycles. The lowest BCUT2D eigenvalue weighted by molar-refractivity contribution is 0.688. The number of aryl methyl sites for hydroxylation is 1. The highest BCUT2D eigenvalue weighted by atomic mass is 15.2. The summed E-state index contributed by atoms with van der Waals surface area (Å²) in [5, 5.41) is 2.58. The van der Waals surface area contributed by atoms with E-state index in [9.17, 15) is 0 Å². The summed E-state index contributed by atoms with van der Waals surface area (Å²) in [5.74, 6) is 1.25. The van der Waals surface area contributed by atoms with Gasteiger partial charge in [0.1, 0.15) is 0 Å². The summed E-state index contributed by atoms with van der Waals surface area (Å²) in [6.07, 6.45) is 18.5. The Bertz CT molecular complexity index is 2810. The molecule has 0 amide bonds. The van der Waals surface area contributed by atoms with E-state index in [1.165, 1.54) is 89.8 Å². The van der Waals surface area contributed by atoms with E-state index in [4.69, 9.17) is 0 Å². The highest BCUT2D eigenvalue weighted by Gasteiger charge is 2.59. The first-order chi connectivity index (χ1) is 27.2. The average molecular weight is 707 g/mol. The predicted octanol–water partition coefficient (Wildman–Crippen LogP) is 13.0. The first kappa shape index (κ1) is 31.3. The summed E-state index contributed by atoms with van der Waals surface area (Å²) in [6, 6.07) is 51.2. The van der Waals surface area contributed by atoms with Crippen LogP contribution in [-0.4, -0.2) is 10.6 Å². The van der Waals surface area contributed by atoms with Crippen molar-refractivity contribution in [3.05, 3.63) is 203 Å². The molecule has 1 saturated carbocycles. The van der Waals surface area contributed by atoms with Crippen molar-refractivity contribution in [2.24, 2.45) is 11.8 Å². The number of hydrogen-bond acceptors (Lipinski definition) is 1. The van der Waals surface area contributed by atoms with Crippen molar-refractivity contribution >= 4 is 38.8 Å². The minimum absolute atomic E-state index is 0.203. The molecule has 1 fully saturated rings. The number of nitrogens with zero attached hydrogens (tertiary/aromatic N) is 2. The maximum atomic E-state index is 2.59. The molecule has 12 rings (SSSR count). The molecule has 4 unspecified atom stereocenters. The van der Waals surface area contributed by atoms with Gasteiger partial charge in [-0.25, -0.2) is 0 Å². The van der Waals surface area contributed by atoms with Gasteiger partial charge < -0.3 is 9.47 Å². The zero-order chi connectivity index (χ0) is 36.3. The Kier molecular flexibility index (Phi) is 6.64. The van der Waals surface area contributed by atoms with Crippen molar-refractivity contribution in [3.63, 3.8) is 0 Å². The molecule has 2 heteroatoms. The topological polar surface area (TPSA) is 8.17 Å². The molecule has 0 radical (unpaired) electrons. The minimum atomic E-state index is -0.283. The number of para-hydroxylation sites is 2. The molecule has 1 spiro atoms. The van der Waals surface area contributed by atoms with Crippen LogP contribution in [0.1, 0.15) is 54.0 Å². The number of fused-ring (bicyclic) bond motifs is 14. The van der Waals surface area contributed by atoms with Crippen LogP contribution in [0.4, 0.5) is 11.4 Å². The second kappa shape index (κ2) is 11.7. The maximum Gasteiger partial charge on any atom is 0.0692 e. The van der Waals surface area contributed by atoms with Crippen molar-refractivity contribution in [2.75, 3.05) is 4.90 Å². The molecule has 55 heavy (non-hydrogen) atoms. The lowest BCUT2D eigenvalue weighted by Gasteiger charge is -2.36. The van der Waals surface area contributed by atoms with E-state index < -0.39 is 0 Å². The molecule has 7 aromatic rings. The maximum absolute atomic E-state index is 2.59. The van der Waals surface area contributed by atoms with E-state index in [-0.39, 0.29) is 11.5 Å². The summed E-state index contributed by atoms with van der Waals surface area (Å²) in [7, 11) is 0. The molecule has 0 N–H and O–H groups in total. The monoisotopic (exact) mass is 706 g/mol. The van der Waals surface area contributed by atoms with Crippen molar-refractivity contribution in [1.29, 1.82) is 0 Å². The van der Waals surface area contributed by atoms with Crippen molar-refractivity contribution in [2.45, 2.75) is 44.1 Å². The highest BCUT2D eigenvalue weighted by molar-refractivity contribution is 6.09. The molecule has 1 heterocycles. The highest BCUT2D eigenvalue weighted by Crippen LogP contribution is 2.69. The fourth-order valence-electron chi connectivity index (χ4n) is 11.0. The van der Waals surface area contributed by atoms with Crippen LogP contribution in [0, 0.1) is 11.8 Å². The Morgan fingerprint density at radius 1 is 0.655 bits per heavy atom. The predicted molar refractivity (Wildman–Crippen MR) is 229 cm³/mol. The number of hydrogen-bond donors (Lipinski definition) is 0. The molecule has 5 aliphatic carbocycles. The van der Waals surface area contributed by atoms with Gasteiger partial charge in [-0.3, -0.25) is 0 Å². The number of anilines is 2. The zero-order valence-corrected chi connectivity index (χ0v) is 31.1. The molecule has 264 valence electrons. The number of allylic oxidation sites excluding steroid dienone is 6. The summed E-state index contributed by atoms with van der Waals surface area (Å²) < 4.78 is 2.41. The zero-order valence-electron chi connectivity index (χ0n) is 31.1. The molecule has 4 atom stereocenters. The third kappa shape index (κ3) is 4.31. The smallest absolute Gasteiger partial charge is 0.0692 e. The molecule has 0 bridgehead atoms. The first-order valence-electron chi connectivity index (χ1n) is 20.3. The van der Waals surface area contributed by atoms with E-state index in [1.54, 1.807) is 5.57 Å². The summed E-state index contributed by atoms with van der Waals surface area (Å²) >= 11 is 0. The van der Waals surface area contributed by atoms with Crippen molar-refractivity contribution < 1.29 is 0 Å². The van der Waals surface area contributed by atoms with Gasteiger partial charge in [0.2, 0.25) is 0 Å².